The first-order valence-corrected chi connectivity index (χ1v) is 6.28. The van der Waals surface area contributed by atoms with Gasteiger partial charge in [0.2, 0.25) is 0 Å². The lowest BCUT2D eigenvalue weighted by Gasteiger charge is -2.08. The number of nitrogens with zero attached hydrogens (tertiary/aromatic N) is 4. The largest absolute Gasteiger partial charge is 0.496 e. The Balaban J connectivity index is 2.08. The molecule has 2 aromatic carbocycles. The molecule has 0 aliphatic heterocycles. The molecule has 0 saturated carbocycles. The summed E-state index contributed by atoms with van der Waals surface area (Å²) in [5.74, 6) is 1.57. The first-order valence-electron chi connectivity index (χ1n) is 6.28. The van der Waals surface area contributed by atoms with Crippen LogP contribution in [-0.2, 0) is 0 Å². The van der Waals surface area contributed by atoms with Crippen molar-refractivity contribution in [1.82, 2.24) is 20.2 Å². The molecule has 0 saturated heterocycles. The summed E-state index contributed by atoms with van der Waals surface area (Å²) in [6, 6.07) is 15.7. The van der Waals surface area contributed by atoms with E-state index in [1.807, 2.05) is 55.5 Å². The standard InChI is InChI=1S/C15H14N4O/c1-11-10-13(8-9-14(11)20-2)19-15(16-17-18-19)12-6-4-3-5-7-12/h3-10H,1-2H3. The zero-order valence-electron chi connectivity index (χ0n) is 11.3. The Labute approximate surface area is 116 Å². The smallest absolute Gasteiger partial charge is 0.187 e. The van der Waals surface area contributed by atoms with Crippen LogP contribution in [0.15, 0.2) is 48.5 Å². The number of hydrogen-bond donors (Lipinski definition) is 0. The van der Waals surface area contributed by atoms with E-state index in [0.29, 0.717) is 0 Å². The Bertz CT molecular complexity index is 722. The highest BCUT2D eigenvalue weighted by molar-refractivity contribution is 5.57. The number of aromatic nitrogens is 4. The summed E-state index contributed by atoms with van der Waals surface area (Å²) in [6.45, 7) is 1.99. The maximum Gasteiger partial charge on any atom is 0.187 e. The molecule has 0 aliphatic carbocycles. The Kier molecular flexibility index (Phi) is 3.16. The van der Waals surface area contributed by atoms with Crippen molar-refractivity contribution in [2.75, 3.05) is 7.11 Å². The van der Waals surface area contributed by atoms with Crippen LogP contribution in [0, 0.1) is 6.92 Å². The number of methoxy groups -OCH3 is 1. The molecule has 20 heavy (non-hydrogen) atoms. The van der Waals surface area contributed by atoms with Gasteiger partial charge in [0.25, 0.3) is 0 Å². The van der Waals surface area contributed by atoms with Gasteiger partial charge in [-0.05, 0) is 41.1 Å². The first-order chi connectivity index (χ1) is 9.79. The van der Waals surface area contributed by atoms with Crippen molar-refractivity contribution in [3.63, 3.8) is 0 Å². The number of aryl methyl sites for hydroxylation is 1. The van der Waals surface area contributed by atoms with Crippen LogP contribution in [0.5, 0.6) is 5.75 Å². The molecular formula is C15H14N4O. The molecule has 0 bridgehead atoms. The average Bonchev–Trinajstić information content (AvgIpc) is 2.97. The van der Waals surface area contributed by atoms with Crippen molar-refractivity contribution < 1.29 is 4.74 Å². The van der Waals surface area contributed by atoms with E-state index in [-0.39, 0.29) is 0 Å². The van der Waals surface area contributed by atoms with Gasteiger partial charge < -0.3 is 4.74 Å². The van der Waals surface area contributed by atoms with Gasteiger partial charge in [-0.3, -0.25) is 0 Å². The lowest BCUT2D eigenvalue weighted by molar-refractivity contribution is 0.411. The summed E-state index contributed by atoms with van der Waals surface area (Å²) >= 11 is 0. The van der Waals surface area contributed by atoms with Crippen LogP contribution in [0.4, 0.5) is 0 Å². The topological polar surface area (TPSA) is 52.8 Å². The second-order valence-corrected chi connectivity index (χ2v) is 4.43. The molecule has 0 amide bonds. The maximum absolute atomic E-state index is 5.27. The Morgan fingerprint density at radius 2 is 1.85 bits per heavy atom. The molecule has 0 N–H and O–H groups in total. The molecule has 5 heteroatoms. The van der Waals surface area contributed by atoms with Crippen LogP contribution in [0.3, 0.4) is 0 Å². The van der Waals surface area contributed by atoms with Crippen molar-refractivity contribution in [2.45, 2.75) is 6.92 Å². The Morgan fingerprint density at radius 3 is 2.55 bits per heavy atom. The van der Waals surface area contributed by atoms with Gasteiger partial charge in [-0.2, -0.15) is 4.68 Å². The van der Waals surface area contributed by atoms with E-state index in [2.05, 4.69) is 15.5 Å². The van der Waals surface area contributed by atoms with Crippen LogP contribution < -0.4 is 4.74 Å². The van der Waals surface area contributed by atoms with Crippen LogP contribution in [0.1, 0.15) is 5.56 Å². The third kappa shape index (κ3) is 2.14. The zero-order valence-corrected chi connectivity index (χ0v) is 11.3. The number of tetrazole rings is 1. The SMILES string of the molecule is COc1ccc(-n2nnnc2-c2ccccc2)cc1C. The van der Waals surface area contributed by atoms with Crippen LogP contribution >= 0.6 is 0 Å². The minimum atomic E-state index is 0.718. The van der Waals surface area contributed by atoms with Crippen molar-refractivity contribution >= 4 is 0 Å². The number of benzene rings is 2. The van der Waals surface area contributed by atoms with Gasteiger partial charge in [0.15, 0.2) is 5.82 Å². The highest BCUT2D eigenvalue weighted by atomic mass is 16.5. The highest BCUT2D eigenvalue weighted by Crippen LogP contribution is 2.23. The second-order valence-electron chi connectivity index (χ2n) is 4.43. The van der Waals surface area contributed by atoms with E-state index in [1.54, 1.807) is 11.8 Å². The third-order valence-electron chi connectivity index (χ3n) is 3.12. The Morgan fingerprint density at radius 1 is 1.05 bits per heavy atom. The van der Waals surface area contributed by atoms with Crippen molar-refractivity contribution in [3.8, 4) is 22.8 Å². The molecule has 0 unspecified atom stereocenters. The van der Waals surface area contributed by atoms with Crippen molar-refractivity contribution in [3.05, 3.63) is 54.1 Å². The monoisotopic (exact) mass is 266 g/mol. The van der Waals surface area contributed by atoms with Crippen LogP contribution in [-0.4, -0.2) is 27.3 Å². The molecule has 0 radical (unpaired) electrons. The average molecular weight is 266 g/mol. The molecule has 1 heterocycles. The quantitative estimate of drug-likeness (QED) is 0.731. The summed E-state index contributed by atoms with van der Waals surface area (Å²) in [6.07, 6.45) is 0. The van der Waals surface area contributed by atoms with Crippen LogP contribution in [0.2, 0.25) is 0 Å². The fourth-order valence-corrected chi connectivity index (χ4v) is 2.12. The normalized spacial score (nSPS) is 10.5. The van der Waals surface area contributed by atoms with E-state index in [9.17, 15) is 0 Å². The fourth-order valence-electron chi connectivity index (χ4n) is 2.12. The van der Waals surface area contributed by atoms with E-state index >= 15 is 0 Å². The van der Waals surface area contributed by atoms with E-state index in [1.165, 1.54) is 0 Å². The van der Waals surface area contributed by atoms with Gasteiger partial charge in [0.1, 0.15) is 5.75 Å². The molecule has 0 aliphatic rings. The van der Waals surface area contributed by atoms with Gasteiger partial charge in [-0.25, -0.2) is 0 Å². The molecule has 5 nitrogen and oxygen atoms in total. The zero-order chi connectivity index (χ0) is 13.9. The number of hydrogen-bond acceptors (Lipinski definition) is 4. The van der Waals surface area contributed by atoms with E-state index in [4.69, 9.17) is 4.74 Å². The molecule has 0 atom stereocenters. The fraction of sp³-hybridized carbons (Fsp3) is 0.133. The second kappa shape index (κ2) is 5.13. The van der Waals surface area contributed by atoms with Crippen molar-refractivity contribution in [1.29, 1.82) is 0 Å². The van der Waals surface area contributed by atoms with Gasteiger partial charge >= 0.3 is 0 Å². The molecule has 100 valence electrons. The molecule has 1 aromatic heterocycles. The van der Waals surface area contributed by atoms with E-state index in [0.717, 1.165) is 28.4 Å². The number of rotatable bonds is 3. The van der Waals surface area contributed by atoms with Gasteiger partial charge in [-0.1, -0.05) is 30.3 Å². The summed E-state index contributed by atoms with van der Waals surface area (Å²) in [4.78, 5) is 0. The summed E-state index contributed by atoms with van der Waals surface area (Å²) in [5, 5.41) is 12.0. The lowest BCUT2D eigenvalue weighted by atomic mass is 10.2. The maximum atomic E-state index is 5.27. The minimum Gasteiger partial charge on any atom is -0.496 e. The molecular weight excluding hydrogens is 252 g/mol. The third-order valence-corrected chi connectivity index (χ3v) is 3.12. The molecule has 3 rings (SSSR count). The van der Waals surface area contributed by atoms with E-state index < -0.39 is 0 Å². The van der Waals surface area contributed by atoms with Crippen molar-refractivity contribution in [2.24, 2.45) is 0 Å². The highest BCUT2D eigenvalue weighted by Gasteiger charge is 2.11. The predicted molar refractivity (Wildman–Crippen MR) is 75.9 cm³/mol. The van der Waals surface area contributed by atoms with Gasteiger partial charge in [0.05, 0.1) is 12.8 Å². The molecule has 0 fully saturated rings. The summed E-state index contributed by atoms with van der Waals surface area (Å²) < 4.78 is 7.00. The Hall–Kier alpha value is -2.69. The predicted octanol–water partition coefficient (Wildman–Crippen LogP) is 2.65. The van der Waals surface area contributed by atoms with Gasteiger partial charge in [0, 0.05) is 5.56 Å². The van der Waals surface area contributed by atoms with Gasteiger partial charge in [-0.15, -0.1) is 5.10 Å². The summed E-state index contributed by atoms with van der Waals surface area (Å²) in [7, 11) is 1.66. The summed E-state index contributed by atoms with van der Waals surface area (Å²) in [5.41, 5.74) is 2.93. The lowest BCUT2D eigenvalue weighted by Crippen LogP contribution is -2.00. The number of ether oxygens (including phenoxy) is 1. The minimum absolute atomic E-state index is 0.718. The van der Waals surface area contributed by atoms with Crippen LogP contribution in [0.25, 0.3) is 17.1 Å². The molecule has 3 aromatic rings. The molecule has 0 spiro atoms. The first kappa shape index (κ1) is 12.3.